The zero-order chi connectivity index (χ0) is 7.23. The Labute approximate surface area is 62.5 Å². The molecule has 1 aliphatic carbocycles. The van der Waals surface area contributed by atoms with Crippen molar-refractivity contribution < 1.29 is 0 Å². The minimum atomic E-state index is 0.750. The molecule has 0 saturated carbocycles. The number of nitrogens with one attached hydrogen (secondary N) is 1. The van der Waals surface area contributed by atoms with Gasteiger partial charge in [-0.25, -0.2) is 0 Å². The second-order valence-electron chi connectivity index (χ2n) is 2.80. The highest BCUT2D eigenvalue weighted by atomic mass is 14.9. The molecule has 0 aliphatic heterocycles. The van der Waals surface area contributed by atoms with Crippen molar-refractivity contribution in [1.82, 2.24) is 5.32 Å². The molecule has 0 bridgehead atoms. The predicted octanol–water partition coefficient (Wildman–Crippen LogP) is 0.501. The zero-order valence-corrected chi connectivity index (χ0v) is 6.34. The molecule has 0 saturated heterocycles. The quantitative estimate of drug-likeness (QED) is 0.441. The molecular formula is C8H16N2. The molecule has 3 N–H and O–H groups in total. The summed E-state index contributed by atoms with van der Waals surface area (Å²) >= 11 is 0. The van der Waals surface area contributed by atoms with Crippen molar-refractivity contribution in [3.8, 4) is 0 Å². The van der Waals surface area contributed by atoms with Crippen LogP contribution in [0.4, 0.5) is 0 Å². The molecule has 0 aromatic heterocycles. The highest BCUT2D eigenvalue weighted by molar-refractivity contribution is 4.94. The summed E-state index contributed by atoms with van der Waals surface area (Å²) in [5.41, 5.74) is 5.34. The third-order valence-corrected chi connectivity index (χ3v) is 1.86. The van der Waals surface area contributed by atoms with Crippen LogP contribution in [0.15, 0.2) is 12.2 Å². The van der Waals surface area contributed by atoms with Crippen LogP contribution >= 0.6 is 0 Å². The van der Waals surface area contributed by atoms with Gasteiger partial charge in [0.1, 0.15) is 0 Å². The van der Waals surface area contributed by atoms with Crippen LogP contribution in [0.1, 0.15) is 12.8 Å². The van der Waals surface area contributed by atoms with E-state index in [1.807, 2.05) is 0 Å². The maximum atomic E-state index is 5.34. The van der Waals surface area contributed by atoms with Crippen LogP contribution in [-0.2, 0) is 0 Å². The highest BCUT2D eigenvalue weighted by Crippen LogP contribution is 2.15. The average Bonchev–Trinajstić information content (AvgIpc) is 2.41. The first-order valence-corrected chi connectivity index (χ1v) is 3.99. The van der Waals surface area contributed by atoms with Gasteiger partial charge in [0, 0.05) is 13.1 Å². The molecule has 0 fully saturated rings. The van der Waals surface area contributed by atoms with Crippen molar-refractivity contribution in [3.63, 3.8) is 0 Å². The van der Waals surface area contributed by atoms with Crippen molar-refractivity contribution in [2.24, 2.45) is 11.7 Å². The minimum absolute atomic E-state index is 0.750. The molecule has 0 aromatic rings. The fourth-order valence-electron chi connectivity index (χ4n) is 1.25. The van der Waals surface area contributed by atoms with E-state index in [-0.39, 0.29) is 0 Å². The Balaban J connectivity index is 1.93. The molecule has 2 heteroatoms. The topological polar surface area (TPSA) is 38.0 Å². The van der Waals surface area contributed by atoms with Gasteiger partial charge in [-0.15, -0.1) is 0 Å². The maximum Gasteiger partial charge on any atom is 0.00746 e. The van der Waals surface area contributed by atoms with Gasteiger partial charge in [-0.1, -0.05) is 12.2 Å². The highest BCUT2D eigenvalue weighted by Gasteiger charge is 2.07. The largest absolute Gasteiger partial charge is 0.329 e. The SMILES string of the molecule is NCCNCC1CC=CC1. The number of nitrogens with two attached hydrogens (primary N) is 1. The molecule has 0 unspecified atom stereocenters. The molecule has 0 aromatic carbocycles. The van der Waals surface area contributed by atoms with Gasteiger partial charge in [0.25, 0.3) is 0 Å². The van der Waals surface area contributed by atoms with E-state index in [0.29, 0.717) is 0 Å². The minimum Gasteiger partial charge on any atom is -0.329 e. The van der Waals surface area contributed by atoms with Crippen LogP contribution in [0.2, 0.25) is 0 Å². The molecule has 10 heavy (non-hydrogen) atoms. The van der Waals surface area contributed by atoms with Crippen molar-refractivity contribution in [2.75, 3.05) is 19.6 Å². The van der Waals surface area contributed by atoms with E-state index >= 15 is 0 Å². The number of rotatable bonds is 4. The van der Waals surface area contributed by atoms with E-state index < -0.39 is 0 Å². The predicted molar refractivity (Wildman–Crippen MR) is 43.8 cm³/mol. The lowest BCUT2D eigenvalue weighted by atomic mass is 10.1. The average molecular weight is 140 g/mol. The van der Waals surface area contributed by atoms with E-state index in [1.165, 1.54) is 12.8 Å². The van der Waals surface area contributed by atoms with Crippen molar-refractivity contribution in [3.05, 3.63) is 12.2 Å². The molecule has 0 heterocycles. The van der Waals surface area contributed by atoms with Crippen molar-refractivity contribution >= 4 is 0 Å². The first-order chi connectivity index (χ1) is 4.93. The van der Waals surface area contributed by atoms with Gasteiger partial charge in [0.05, 0.1) is 0 Å². The molecule has 0 atom stereocenters. The third-order valence-electron chi connectivity index (χ3n) is 1.86. The summed E-state index contributed by atoms with van der Waals surface area (Å²) < 4.78 is 0. The summed E-state index contributed by atoms with van der Waals surface area (Å²) in [6, 6.07) is 0. The molecule has 0 radical (unpaired) electrons. The van der Waals surface area contributed by atoms with Gasteiger partial charge in [-0.3, -0.25) is 0 Å². The summed E-state index contributed by atoms with van der Waals surface area (Å²) in [7, 11) is 0. The van der Waals surface area contributed by atoms with E-state index in [4.69, 9.17) is 5.73 Å². The summed E-state index contributed by atoms with van der Waals surface area (Å²) in [4.78, 5) is 0. The Kier molecular flexibility index (Phi) is 3.47. The molecule has 1 rings (SSSR count). The van der Waals surface area contributed by atoms with E-state index in [9.17, 15) is 0 Å². The van der Waals surface area contributed by atoms with Gasteiger partial charge in [0.15, 0.2) is 0 Å². The lowest BCUT2D eigenvalue weighted by Gasteiger charge is -2.08. The first-order valence-electron chi connectivity index (χ1n) is 3.99. The first kappa shape index (κ1) is 7.76. The van der Waals surface area contributed by atoms with E-state index in [2.05, 4.69) is 17.5 Å². The smallest absolute Gasteiger partial charge is 0.00746 e. The monoisotopic (exact) mass is 140 g/mol. The second-order valence-corrected chi connectivity index (χ2v) is 2.80. The maximum absolute atomic E-state index is 5.34. The summed E-state index contributed by atoms with van der Waals surface area (Å²) in [6.07, 6.45) is 7.01. The Morgan fingerprint density at radius 2 is 2.10 bits per heavy atom. The van der Waals surface area contributed by atoms with Crippen LogP contribution in [0.3, 0.4) is 0 Å². The molecule has 2 nitrogen and oxygen atoms in total. The summed E-state index contributed by atoms with van der Waals surface area (Å²) in [5, 5.41) is 3.31. The zero-order valence-electron chi connectivity index (χ0n) is 6.34. The number of hydrogen-bond donors (Lipinski definition) is 2. The Morgan fingerprint density at radius 1 is 1.40 bits per heavy atom. The second kappa shape index (κ2) is 4.47. The standard InChI is InChI=1S/C8H16N2/c9-5-6-10-7-8-3-1-2-4-8/h1-2,8,10H,3-7,9H2. The van der Waals surface area contributed by atoms with Crippen LogP contribution in [0.25, 0.3) is 0 Å². The summed E-state index contributed by atoms with van der Waals surface area (Å²) in [5.74, 6) is 0.839. The van der Waals surface area contributed by atoms with Crippen LogP contribution < -0.4 is 11.1 Å². The molecular weight excluding hydrogens is 124 g/mol. The Morgan fingerprint density at radius 3 is 2.70 bits per heavy atom. The third kappa shape index (κ3) is 2.50. The molecule has 58 valence electrons. The van der Waals surface area contributed by atoms with Gasteiger partial charge < -0.3 is 11.1 Å². The molecule has 0 spiro atoms. The van der Waals surface area contributed by atoms with Gasteiger partial charge >= 0.3 is 0 Å². The van der Waals surface area contributed by atoms with Crippen molar-refractivity contribution in [1.29, 1.82) is 0 Å². The lowest BCUT2D eigenvalue weighted by Crippen LogP contribution is -2.27. The number of hydrogen-bond acceptors (Lipinski definition) is 2. The van der Waals surface area contributed by atoms with E-state index in [1.54, 1.807) is 0 Å². The lowest BCUT2D eigenvalue weighted by molar-refractivity contribution is 0.508. The normalized spacial score (nSPS) is 18.5. The molecule has 0 amide bonds. The van der Waals surface area contributed by atoms with Crippen molar-refractivity contribution in [2.45, 2.75) is 12.8 Å². The summed E-state index contributed by atoms with van der Waals surface area (Å²) in [6.45, 7) is 2.83. The fraction of sp³-hybridized carbons (Fsp3) is 0.750. The van der Waals surface area contributed by atoms with Gasteiger partial charge in [-0.2, -0.15) is 0 Å². The Hall–Kier alpha value is -0.340. The van der Waals surface area contributed by atoms with E-state index in [0.717, 1.165) is 25.6 Å². The van der Waals surface area contributed by atoms with Gasteiger partial charge in [0.2, 0.25) is 0 Å². The van der Waals surface area contributed by atoms with Crippen LogP contribution in [0.5, 0.6) is 0 Å². The fourth-order valence-corrected chi connectivity index (χ4v) is 1.25. The van der Waals surface area contributed by atoms with Crippen LogP contribution in [0, 0.1) is 5.92 Å². The molecule has 1 aliphatic rings. The number of allylic oxidation sites excluding steroid dienone is 2. The Bertz CT molecular complexity index is 102. The van der Waals surface area contributed by atoms with Gasteiger partial charge in [-0.05, 0) is 25.3 Å². The van der Waals surface area contributed by atoms with Crippen LogP contribution in [-0.4, -0.2) is 19.6 Å².